The van der Waals surface area contributed by atoms with E-state index in [0.717, 1.165) is 12.8 Å². The number of unbranched alkanes of at least 4 members (excludes halogenated alkanes) is 12. The average Bonchev–Trinajstić information content (AvgIpc) is 2.70. The first-order valence-electron chi connectivity index (χ1n) is 11.8. The third kappa shape index (κ3) is 37.9. The molecular formula is C23H53N3O4. The molecule has 7 heteroatoms. The van der Waals surface area contributed by atoms with Gasteiger partial charge in [-0.05, 0) is 27.6 Å². The Morgan fingerprint density at radius 2 is 1.13 bits per heavy atom. The van der Waals surface area contributed by atoms with Crippen LogP contribution in [0.5, 0.6) is 0 Å². The van der Waals surface area contributed by atoms with Gasteiger partial charge in [0.05, 0.1) is 25.3 Å². The summed E-state index contributed by atoms with van der Waals surface area (Å²) in [6.07, 6.45) is 17.5. The zero-order valence-electron chi connectivity index (χ0n) is 20.3. The number of aliphatic hydroxyl groups excluding tert-OH is 2. The van der Waals surface area contributed by atoms with Gasteiger partial charge in [-0.15, -0.1) is 0 Å². The van der Waals surface area contributed by atoms with Crippen LogP contribution in [0.3, 0.4) is 0 Å². The Labute approximate surface area is 186 Å². The van der Waals surface area contributed by atoms with Crippen LogP contribution in [-0.2, 0) is 4.79 Å². The summed E-state index contributed by atoms with van der Waals surface area (Å²) in [6, 6.07) is -0.470. The van der Waals surface area contributed by atoms with Gasteiger partial charge in [0, 0.05) is 0 Å². The van der Waals surface area contributed by atoms with Crippen molar-refractivity contribution in [2.45, 2.75) is 109 Å². The monoisotopic (exact) mass is 435 g/mol. The maximum Gasteiger partial charge on any atom is 0.317 e. The second-order valence-corrected chi connectivity index (χ2v) is 8.38. The highest BCUT2D eigenvalue weighted by molar-refractivity contribution is 5.68. The molecule has 0 aromatic carbocycles. The first-order valence-corrected chi connectivity index (χ1v) is 11.8. The van der Waals surface area contributed by atoms with Gasteiger partial charge in [0.25, 0.3) is 0 Å². The van der Waals surface area contributed by atoms with Gasteiger partial charge < -0.3 is 31.7 Å². The van der Waals surface area contributed by atoms with Crippen molar-refractivity contribution in [3.8, 4) is 0 Å². The van der Waals surface area contributed by atoms with Crippen molar-refractivity contribution in [2.24, 2.45) is 11.5 Å². The Bertz CT molecular complexity index is 329. The van der Waals surface area contributed by atoms with E-state index >= 15 is 0 Å². The molecule has 0 unspecified atom stereocenters. The van der Waals surface area contributed by atoms with Crippen molar-refractivity contribution < 1.29 is 20.1 Å². The van der Waals surface area contributed by atoms with Crippen molar-refractivity contribution in [3.05, 3.63) is 0 Å². The number of aliphatic hydroxyl groups is 2. The Kier molecular flexibility index (Phi) is 31.9. The predicted octanol–water partition coefficient (Wildman–Crippen LogP) is 3.36. The van der Waals surface area contributed by atoms with Crippen LogP contribution in [-0.4, -0.2) is 72.6 Å². The van der Waals surface area contributed by atoms with Crippen LogP contribution in [0.2, 0.25) is 0 Å². The van der Waals surface area contributed by atoms with E-state index in [1.807, 2.05) is 26.0 Å². The highest BCUT2D eigenvalue weighted by Crippen LogP contribution is 2.13. The summed E-state index contributed by atoms with van der Waals surface area (Å²) >= 11 is 0. The molecule has 0 radical (unpaired) electrons. The fourth-order valence-corrected chi connectivity index (χ4v) is 2.71. The summed E-state index contributed by atoms with van der Waals surface area (Å²) in [7, 11) is 6.00. The molecule has 0 bridgehead atoms. The third-order valence-corrected chi connectivity index (χ3v) is 4.48. The van der Waals surface area contributed by atoms with Gasteiger partial charge in [0.1, 0.15) is 0 Å². The lowest BCUT2D eigenvalue weighted by Gasteiger charge is -2.15. The first-order chi connectivity index (χ1) is 14.2. The smallest absolute Gasteiger partial charge is 0.317 e. The zero-order chi connectivity index (χ0) is 23.6. The Morgan fingerprint density at radius 1 is 0.833 bits per heavy atom. The van der Waals surface area contributed by atoms with E-state index in [1.54, 1.807) is 0 Å². The van der Waals surface area contributed by atoms with Crippen LogP contribution in [0.4, 0.5) is 0 Å². The van der Waals surface area contributed by atoms with E-state index in [0.29, 0.717) is 0 Å². The molecule has 0 aliphatic rings. The lowest BCUT2D eigenvalue weighted by Crippen LogP contribution is -2.37. The molecule has 7 nitrogen and oxygen atoms in total. The normalized spacial score (nSPS) is 12.4. The highest BCUT2D eigenvalue weighted by atomic mass is 16.4. The second kappa shape index (κ2) is 28.3. The summed E-state index contributed by atoms with van der Waals surface area (Å²) in [5.74, 6) is -0.968. The summed E-state index contributed by atoms with van der Waals surface area (Å²) in [4.78, 5) is 11.2. The molecule has 0 heterocycles. The fraction of sp³-hybridized carbons (Fsp3) is 0.957. The summed E-state index contributed by atoms with van der Waals surface area (Å²) < 4.78 is 0. The van der Waals surface area contributed by atoms with Crippen molar-refractivity contribution >= 4 is 5.97 Å². The van der Waals surface area contributed by atoms with Gasteiger partial charge in [-0.1, -0.05) is 90.4 Å². The first kappa shape index (κ1) is 33.9. The Balaban J connectivity index is -0.000000674. The number of nitrogens with two attached hydrogens (primary N) is 2. The molecule has 184 valence electrons. The molecule has 0 aliphatic carbocycles. The average molecular weight is 436 g/mol. The highest BCUT2D eigenvalue weighted by Gasteiger charge is 2.12. The Morgan fingerprint density at radius 3 is 1.40 bits per heavy atom. The van der Waals surface area contributed by atoms with Gasteiger partial charge in [0.15, 0.2) is 0 Å². The van der Waals surface area contributed by atoms with E-state index in [2.05, 4.69) is 12.7 Å². The molecule has 0 saturated carbocycles. The van der Waals surface area contributed by atoms with Crippen LogP contribution in [0, 0.1) is 0 Å². The van der Waals surface area contributed by atoms with Crippen LogP contribution in [0.15, 0.2) is 0 Å². The van der Waals surface area contributed by atoms with Crippen LogP contribution < -0.4 is 11.5 Å². The number of hydrogen-bond donors (Lipinski definition) is 5. The van der Waals surface area contributed by atoms with Crippen molar-refractivity contribution in [2.75, 3.05) is 34.3 Å². The van der Waals surface area contributed by atoms with Gasteiger partial charge >= 0.3 is 5.97 Å². The standard InChI is InChI=1S/C18H39NO2.C3H9N.C2H5NO2/c1-2-3-4-5-6-7-8-9-10-11-12-13-14-15-18(21)17(19)16-20;1-4(2)3;3-1-2(4)5/h17-18,20-21H,2-16,19H2,1H3;1-3H3;1,3H2,(H,4,5)/t17-,18+;;/m0../s1. The maximum absolute atomic E-state index is 9.61. The number of carboxylic acids is 1. The molecule has 0 rings (SSSR count). The lowest BCUT2D eigenvalue weighted by molar-refractivity contribution is -0.135. The van der Waals surface area contributed by atoms with Crippen LogP contribution in [0.1, 0.15) is 96.8 Å². The van der Waals surface area contributed by atoms with Crippen LogP contribution >= 0.6 is 0 Å². The number of aliphatic carboxylic acids is 1. The van der Waals surface area contributed by atoms with E-state index in [4.69, 9.17) is 15.9 Å². The maximum atomic E-state index is 9.61. The molecule has 0 aromatic rings. The third-order valence-electron chi connectivity index (χ3n) is 4.48. The second-order valence-electron chi connectivity index (χ2n) is 8.38. The predicted molar refractivity (Wildman–Crippen MR) is 128 cm³/mol. The minimum atomic E-state index is -0.968. The molecule has 30 heavy (non-hydrogen) atoms. The number of nitrogens with zero attached hydrogens (tertiary/aromatic N) is 1. The number of carboxylic acid groups (broad SMARTS) is 1. The molecule has 7 N–H and O–H groups in total. The molecule has 0 amide bonds. The van der Waals surface area contributed by atoms with Crippen molar-refractivity contribution in [1.29, 1.82) is 0 Å². The van der Waals surface area contributed by atoms with E-state index in [1.165, 1.54) is 77.0 Å². The quantitative estimate of drug-likeness (QED) is 0.221. The topological polar surface area (TPSA) is 133 Å². The van der Waals surface area contributed by atoms with Gasteiger partial charge in [-0.2, -0.15) is 0 Å². The minimum absolute atomic E-state index is 0.125. The number of carbonyl (C=O) groups is 1. The van der Waals surface area contributed by atoms with Gasteiger partial charge in [-0.25, -0.2) is 0 Å². The molecule has 0 spiro atoms. The lowest BCUT2D eigenvalue weighted by atomic mass is 10.0. The molecular weight excluding hydrogens is 382 g/mol. The molecule has 0 saturated heterocycles. The molecule has 0 aromatic heterocycles. The summed E-state index contributed by atoms with van der Waals surface area (Å²) in [6.45, 7) is 1.86. The van der Waals surface area contributed by atoms with Crippen molar-refractivity contribution in [3.63, 3.8) is 0 Å². The fourth-order valence-electron chi connectivity index (χ4n) is 2.71. The van der Waals surface area contributed by atoms with Gasteiger partial charge in [0.2, 0.25) is 0 Å². The number of hydrogen-bond acceptors (Lipinski definition) is 6. The molecule has 2 atom stereocenters. The number of rotatable bonds is 17. The largest absolute Gasteiger partial charge is 0.480 e. The molecule has 0 aliphatic heterocycles. The van der Waals surface area contributed by atoms with E-state index < -0.39 is 18.1 Å². The SMILES string of the molecule is CCCCCCCCCCCCCCC[C@@H](O)[C@@H](N)CO.CN(C)C.NCC(=O)O. The van der Waals surface area contributed by atoms with E-state index in [-0.39, 0.29) is 13.2 Å². The van der Waals surface area contributed by atoms with Gasteiger partial charge in [-0.3, -0.25) is 4.79 Å². The van der Waals surface area contributed by atoms with Crippen molar-refractivity contribution in [1.82, 2.24) is 4.90 Å². The minimum Gasteiger partial charge on any atom is -0.480 e. The van der Waals surface area contributed by atoms with Crippen LogP contribution in [0.25, 0.3) is 0 Å². The summed E-state index contributed by atoms with van der Waals surface area (Å²) in [5.41, 5.74) is 10.1. The zero-order valence-corrected chi connectivity index (χ0v) is 20.3. The molecule has 0 fully saturated rings. The van der Waals surface area contributed by atoms with E-state index in [9.17, 15) is 9.90 Å². The Hall–Kier alpha value is -0.730. The summed E-state index contributed by atoms with van der Waals surface area (Å²) in [5, 5.41) is 26.0.